The Morgan fingerprint density at radius 3 is 2.56 bits per heavy atom. The Morgan fingerprint density at radius 1 is 1.09 bits per heavy atom. The van der Waals surface area contributed by atoms with Crippen molar-refractivity contribution in [3.63, 3.8) is 0 Å². The van der Waals surface area contributed by atoms with E-state index in [9.17, 15) is 13.2 Å². The summed E-state index contributed by atoms with van der Waals surface area (Å²) in [5.74, 6) is 0.0261. The third-order valence-electron chi connectivity index (χ3n) is 6.43. The molecule has 2 N–H and O–H groups in total. The SMILES string of the molecule is COc1cc(-c2cc3cc(CN4CCN(C)CC4)ccc3[nH]2)c2c(c1OS(C)(=O)=O)CNC2=O. The zero-order valence-electron chi connectivity index (χ0n) is 19.5. The summed E-state index contributed by atoms with van der Waals surface area (Å²) >= 11 is 0. The minimum absolute atomic E-state index is 0.0488. The molecule has 9 nitrogen and oxygen atoms in total. The fraction of sp³-hybridized carbons (Fsp3) is 0.375. The molecule has 0 bridgehead atoms. The molecular formula is C24H28N4O5S. The normalized spacial score (nSPS) is 17.1. The smallest absolute Gasteiger partial charge is 0.306 e. The van der Waals surface area contributed by atoms with Gasteiger partial charge in [-0.25, -0.2) is 0 Å². The van der Waals surface area contributed by atoms with Crippen molar-refractivity contribution in [3.8, 4) is 22.8 Å². The molecule has 34 heavy (non-hydrogen) atoms. The zero-order chi connectivity index (χ0) is 24.0. The second kappa shape index (κ2) is 8.61. The van der Waals surface area contributed by atoms with Crippen LogP contribution in [0.15, 0.2) is 30.3 Å². The number of carbonyl (C=O) groups excluding carboxylic acids is 1. The third-order valence-corrected chi connectivity index (χ3v) is 6.90. The maximum atomic E-state index is 12.7. The molecule has 2 aromatic carbocycles. The van der Waals surface area contributed by atoms with Gasteiger partial charge in [0.1, 0.15) is 0 Å². The van der Waals surface area contributed by atoms with Crippen molar-refractivity contribution in [2.24, 2.45) is 0 Å². The third kappa shape index (κ3) is 4.36. The van der Waals surface area contributed by atoms with E-state index in [0.717, 1.165) is 55.6 Å². The van der Waals surface area contributed by atoms with E-state index in [1.807, 2.05) is 6.07 Å². The molecule has 10 heteroatoms. The molecule has 3 heterocycles. The highest BCUT2D eigenvalue weighted by molar-refractivity contribution is 7.86. The molecule has 0 atom stereocenters. The molecule has 0 aliphatic carbocycles. The number of piperazine rings is 1. The number of hydrogen-bond acceptors (Lipinski definition) is 7. The lowest BCUT2D eigenvalue weighted by molar-refractivity contribution is 0.0966. The molecule has 1 aromatic heterocycles. The molecule has 3 aromatic rings. The van der Waals surface area contributed by atoms with Crippen LogP contribution < -0.4 is 14.2 Å². The lowest BCUT2D eigenvalue weighted by atomic mass is 9.98. The number of amides is 1. The number of likely N-dealkylation sites (N-methyl/N-ethyl adjacent to an activating group) is 1. The number of ether oxygens (including phenoxy) is 1. The van der Waals surface area contributed by atoms with Crippen molar-refractivity contribution in [2.45, 2.75) is 13.1 Å². The van der Waals surface area contributed by atoms with Crippen LogP contribution in [0.1, 0.15) is 21.5 Å². The Kier molecular flexibility index (Phi) is 5.75. The number of fused-ring (bicyclic) bond motifs is 2. The van der Waals surface area contributed by atoms with Crippen molar-refractivity contribution < 1.29 is 22.1 Å². The van der Waals surface area contributed by atoms with Gasteiger partial charge < -0.3 is 24.1 Å². The fourth-order valence-electron chi connectivity index (χ4n) is 4.68. The van der Waals surface area contributed by atoms with Gasteiger partial charge in [-0.1, -0.05) is 6.07 Å². The van der Waals surface area contributed by atoms with Crippen LogP contribution in [-0.4, -0.2) is 75.7 Å². The van der Waals surface area contributed by atoms with Crippen LogP contribution in [-0.2, 0) is 23.2 Å². The average Bonchev–Trinajstić information content (AvgIpc) is 3.38. The van der Waals surface area contributed by atoms with E-state index in [-0.39, 0.29) is 24.0 Å². The number of H-pyrrole nitrogens is 1. The zero-order valence-corrected chi connectivity index (χ0v) is 20.3. The molecule has 0 spiro atoms. The standard InChI is InChI=1S/C24H28N4O5S/c1-27-6-8-28(9-7-27)14-15-4-5-19-16(10-15)11-20(26-19)17-12-21(32-2)23(33-34(3,30)31)18-13-25-24(29)22(17)18/h4-5,10-12,26H,6-9,13-14H2,1-3H3,(H,25,29). The molecule has 0 saturated carbocycles. The average molecular weight is 485 g/mol. The Morgan fingerprint density at radius 2 is 1.85 bits per heavy atom. The molecule has 2 aliphatic heterocycles. The van der Waals surface area contributed by atoms with Crippen LogP contribution in [0.5, 0.6) is 11.5 Å². The van der Waals surface area contributed by atoms with Crippen molar-refractivity contribution in [1.29, 1.82) is 0 Å². The molecule has 5 rings (SSSR count). The van der Waals surface area contributed by atoms with Crippen LogP contribution in [0.2, 0.25) is 0 Å². The first kappa shape index (κ1) is 22.7. The number of benzene rings is 2. The van der Waals surface area contributed by atoms with Crippen LogP contribution in [0.25, 0.3) is 22.2 Å². The van der Waals surface area contributed by atoms with Gasteiger partial charge >= 0.3 is 10.1 Å². The molecule has 0 unspecified atom stereocenters. The molecule has 0 radical (unpaired) electrons. The quantitative estimate of drug-likeness (QED) is 0.517. The molecule has 1 fully saturated rings. The summed E-state index contributed by atoms with van der Waals surface area (Å²) in [6.07, 6.45) is 0.967. The number of aromatic amines is 1. The van der Waals surface area contributed by atoms with E-state index >= 15 is 0 Å². The second-order valence-electron chi connectivity index (χ2n) is 8.96. The Balaban J connectivity index is 1.53. The van der Waals surface area contributed by atoms with Crippen LogP contribution in [0.4, 0.5) is 0 Å². The Bertz CT molecular complexity index is 1370. The first-order chi connectivity index (χ1) is 16.2. The number of hydrogen-bond donors (Lipinski definition) is 2. The summed E-state index contributed by atoms with van der Waals surface area (Å²) in [7, 11) is -0.206. The highest BCUT2D eigenvalue weighted by Crippen LogP contribution is 2.43. The molecular weight excluding hydrogens is 456 g/mol. The predicted molar refractivity (Wildman–Crippen MR) is 130 cm³/mol. The summed E-state index contributed by atoms with van der Waals surface area (Å²) in [6, 6.07) is 10.0. The van der Waals surface area contributed by atoms with Crippen molar-refractivity contribution in [2.75, 3.05) is 46.6 Å². The van der Waals surface area contributed by atoms with Gasteiger partial charge in [-0.3, -0.25) is 9.69 Å². The van der Waals surface area contributed by atoms with Gasteiger partial charge in [-0.2, -0.15) is 8.42 Å². The summed E-state index contributed by atoms with van der Waals surface area (Å²) in [5.41, 5.74) is 4.45. The molecule has 1 amide bonds. The van der Waals surface area contributed by atoms with E-state index in [2.05, 4.69) is 45.3 Å². The highest BCUT2D eigenvalue weighted by Gasteiger charge is 2.32. The van der Waals surface area contributed by atoms with E-state index < -0.39 is 10.1 Å². The summed E-state index contributed by atoms with van der Waals surface area (Å²) in [4.78, 5) is 20.9. The summed E-state index contributed by atoms with van der Waals surface area (Å²) in [6.45, 7) is 5.31. The number of nitrogens with zero attached hydrogens (tertiary/aromatic N) is 2. The Labute approximate surface area is 198 Å². The molecule has 1 saturated heterocycles. The number of aromatic nitrogens is 1. The number of rotatable bonds is 6. The van der Waals surface area contributed by atoms with Gasteiger partial charge in [-0.15, -0.1) is 0 Å². The lowest BCUT2D eigenvalue weighted by Crippen LogP contribution is -2.43. The first-order valence-corrected chi connectivity index (χ1v) is 13.0. The van der Waals surface area contributed by atoms with Gasteiger partial charge in [0.15, 0.2) is 11.5 Å². The second-order valence-corrected chi connectivity index (χ2v) is 10.5. The lowest BCUT2D eigenvalue weighted by Gasteiger charge is -2.32. The van der Waals surface area contributed by atoms with E-state index in [0.29, 0.717) is 16.7 Å². The van der Waals surface area contributed by atoms with Crippen LogP contribution in [0.3, 0.4) is 0 Å². The van der Waals surface area contributed by atoms with Crippen LogP contribution >= 0.6 is 0 Å². The van der Waals surface area contributed by atoms with Crippen molar-refractivity contribution in [1.82, 2.24) is 20.1 Å². The highest BCUT2D eigenvalue weighted by atomic mass is 32.2. The Hall–Kier alpha value is -3.08. The first-order valence-electron chi connectivity index (χ1n) is 11.2. The van der Waals surface area contributed by atoms with Gasteiger partial charge in [0.2, 0.25) is 0 Å². The largest absolute Gasteiger partial charge is 0.493 e. The van der Waals surface area contributed by atoms with E-state index in [4.69, 9.17) is 8.92 Å². The van der Waals surface area contributed by atoms with Gasteiger partial charge in [0, 0.05) is 67.0 Å². The van der Waals surface area contributed by atoms with E-state index in [1.165, 1.54) is 12.7 Å². The summed E-state index contributed by atoms with van der Waals surface area (Å²) < 4.78 is 34.3. The molecule has 2 aliphatic rings. The van der Waals surface area contributed by atoms with Gasteiger partial charge in [0.05, 0.1) is 18.9 Å². The van der Waals surface area contributed by atoms with Crippen molar-refractivity contribution in [3.05, 3.63) is 47.0 Å². The molecule has 180 valence electrons. The van der Waals surface area contributed by atoms with Crippen LogP contribution in [0, 0.1) is 0 Å². The summed E-state index contributed by atoms with van der Waals surface area (Å²) in [5, 5.41) is 3.82. The fourth-order valence-corrected chi connectivity index (χ4v) is 5.16. The minimum atomic E-state index is -3.80. The topological polar surface area (TPSA) is 104 Å². The van der Waals surface area contributed by atoms with Gasteiger partial charge in [0.25, 0.3) is 5.91 Å². The predicted octanol–water partition coefficient (Wildman–Crippen LogP) is 2.17. The number of methoxy groups -OCH3 is 1. The number of nitrogens with one attached hydrogen (secondary N) is 2. The van der Waals surface area contributed by atoms with Gasteiger partial charge in [-0.05, 0) is 36.9 Å². The maximum absolute atomic E-state index is 12.7. The van der Waals surface area contributed by atoms with E-state index in [1.54, 1.807) is 6.07 Å². The van der Waals surface area contributed by atoms with Crippen molar-refractivity contribution >= 4 is 26.9 Å². The maximum Gasteiger partial charge on any atom is 0.306 e. The monoisotopic (exact) mass is 484 g/mol. The minimum Gasteiger partial charge on any atom is -0.493 e. The number of carbonyl (C=O) groups is 1.